The van der Waals surface area contributed by atoms with Crippen molar-refractivity contribution in [3.63, 3.8) is 0 Å². The van der Waals surface area contributed by atoms with Crippen LogP contribution >= 0.6 is 11.6 Å². The number of carbonyl (C=O) groups excluding carboxylic acids is 1. The molecule has 0 aliphatic heterocycles. The second-order valence-corrected chi connectivity index (χ2v) is 9.84. The summed E-state index contributed by atoms with van der Waals surface area (Å²) in [5.41, 5.74) is 4.33. The number of aromatic nitrogens is 1. The van der Waals surface area contributed by atoms with Gasteiger partial charge < -0.3 is 5.32 Å². The van der Waals surface area contributed by atoms with E-state index in [9.17, 15) is 13.2 Å². The Balaban J connectivity index is 1.97. The van der Waals surface area contributed by atoms with E-state index in [1.165, 1.54) is 6.07 Å². The van der Waals surface area contributed by atoms with E-state index >= 15 is 0 Å². The predicted octanol–water partition coefficient (Wildman–Crippen LogP) is 4.91. The molecule has 1 N–H and O–H groups in total. The second kappa shape index (κ2) is 8.58. The summed E-state index contributed by atoms with van der Waals surface area (Å²) in [4.78, 5) is 17.3. The number of benzene rings is 2. The first-order chi connectivity index (χ1) is 14.0. The van der Waals surface area contributed by atoms with Crippen LogP contribution in [-0.2, 0) is 9.84 Å². The molecule has 7 heteroatoms. The SMILES string of the molecule is Cc1ccc(-c2cc(C(=O)N[C@H](C)c3cnc(C)c(Cl)c3)cc(S(C)(=O)=O)c2)cc1. The van der Waals surface area contributed by atoms with Gasteiger partial charge in [-0.25, -0.2) is 8.42 Å². The van der Waals surface area contributed by atoms with E-state index in [0.717, 1.165) is 22.9 Å². The summed E-state index contributed by atoms with van der Waals surface area (Å²) < 4.78 is 24.4. The molecule has 1 heterocycles. The van der Waals surface area contributed by atoms with Crippen LogP contribution in [0.25, 0.3) is 11.1 Å². The monoisotopic (exact) mass is 442 g/mol. The molecule has 0 spiro atoms. The molecule has 0 saturated carbocycles. The van der Waals surface area contributed by atoms with Crippen LogP contribution in [-0.4, -0.2) is 25.6 Å². The molecule has 1 amide bonds. The molecule has 0 bridgehead atoms. The molecule has 1 aromatic heterocycles. The first-order valence-electron chi connectivity index (χ1n) is 9.39. The number of hydrogen-bond acceptors (Lipinski definition) is 4. The highest BCUT2D eigenvalue weighted by atomic mass is 35.5. The fourth-order valence-electron chi connectivity index (χ4n) is 2.98. The van der Waals surface area contributed by atoms with Gasteiger partial charge in [0.2, 0.25) is 0 Å². The van der Waals surface area contributed by atoms with Crippen molar-refractivity contribution >= 4 is 27.3 Å². The van der Waals surface area contributed by atoms with Crippen molar-refractivity contribution in [1.29, 1.82) is 0 Å². The van der Waals surface area contributed by atoms with Gasteiger partial charge in [-0.3, -0.25) is 9.78 Å². The highest BCUT2D eigenvalue weighted by molar-refractivity contribution is 7.90. The smallest absolute Gasteiger partial charge is 0.251 e. The molecular weight excluding hydrogens is 420 g/mol. The number of pyridine rings is 1. The van der Waals surface area contributed by atoms with Gasteiger partial charge in [0.15, 0.2) is 9.84 Å². The lowest BCUT2D eigenvalue weighted by Gasteiger charge is -2.16. The summed E-state index contributed by atoms with van der Waals surface area (Å²) in [7, 11) is -3.50. The summed E-state index contributed by atoms with van der Waals surface area (Å²) >= 11 is 6.14. The molecule has 156 valence electrons. The number of rotatable bonds is 5. The number of nitrogens with one attached hydrogen (secondary N) is 1. The van der Waals surface area contributed by atoms with Gasteiger partial charge in [0.25, 0.3) is 5.91 Å². The molecule has 0 aliphatic rings. The van der Waals surface area contributed by atoms with Crippen molar-refractivity contribution in [2.75, 3.05) is 6.26 Å². The number of nitrogens with zero attached hydrogens (tertiary/aromatic N) is 1. The van der Waals surface area contributed by atoms with E-state index in [0.29, 0.717) is 16.3 Å². The van der Waals surface area contributed by atoms with Gasteiger partial charge in [-0.15, -0.1) is 0 Å². The minimum Gasteiger partial charge on any atom is -0.345 e. The summed E-state index contributed by atoms with van der Waals surface area (Å²) in [6, 6.07) is 13.8. The van der Waals surface area contributed by atoms with Crippen LogP contribution in [0.3, 0.4) is 0 Å². The van der Waals surface area contributed by atoms with Gasteiger partial charge in [0.05, 0.1) is 21.7 Å². The lowest BCUT2D eigenvalue weighted by Crippen LogP contribution is -2.27. The number of amides is 1. The Hall–Kier alpha value is -2.70. The molecular formula is C23H23ClN2O3S. The van der Waals surface area contributed by atoms with Crippen LogP contribution in [0, 0.1) is 13.8 Å². The molecule has 0 radical (unpaired) electrons. The third kappa shape index (κ3) is 5.07. The van der Waals surface area contributed by atoms with Gasteiger partial charge in [0, 0.05) is 18.0 Å². The quantitative estimate of drug-likeness (QED) is 0.608. The number of hydrogen-bond donors (Lipinski definition) is 1. The van der Waals surface area contributed by atoms with E-state index < -0.39 is 9.84 Å². The van der Waals surface area contributed by atoms with Crippen LogP contribution in [0.1, 0.15) is 40.1 Å². The number of aryl methyl sites for hydroxylation is 2. The average molecular weight is 443 g/mol. The normalized spacial score (nSPS) is 12.4. The molecule has 3 aromatic rings. The Labute approximate surface area is 182 Å². The van der Waals surface area contributed by atoms with Crippen molar-refractivity contribution in [3.05, 3.63) is 82.1 Å². The molecule has 30 heavy (non-hydrogen) atoms. The van der Waals surface area contributed by atoms with Crippen molar-refractivity contribution < 1.29 is 13.2 Å². The van der Waals surface area contributed by atoms with Gasteiger partial charge in [-0.05, 0) is 61.7 Å². The minimum absolute atomic E-state index is 0.0958. The topological polar surface area (TPSA) is 76.1 Å². The van der Waals surface area contributed by atoms with Crippen LogP contribution in [0.15, 0.2) is 59.6 Å². The highest BCUT2D eigenvalue weighted by Gasteiger charge is 2.17. The minimum atomic E-state index is -3.50. The Morgan fingerprint density at radius 2 is 1.70 bits per heavy atom. The lowest BCUT2D eigenvalue weighted by atomic mass is 10.0. The Kier molecular flexibility index (Phi) is 6.29. The fraction of sp³-hybridized carbons (Fsp3) is 0.217. The lowest BCUT2D eigenvalue weighted by molar-refractivity contribution is 0.0939. The highest BCUT2D eigenvalue weighted by Crippen LogP contribution is 2.26. The molecule has 2 aromatic carbocycles. The third-order valence-corrected chi connectivity index (χ3v) is 6.35. The average Bonchev–Trinajstić information content (AvgIpc) is 2.69. The van der Waals surface area contributed by atoms with Gasteiger partial charge in [-0.2, -0.15) is 0 Å². The molecule has 0 fully saturated rings. The van der Waals surface area contributed by atoms with Gasteiger partial charge >= 0.3 is 0 Å². The number of halogens is 1. The van der Waals surface area contributed by atoms with Crippen LogP contribution in [0.5, 0.6) is 0 Å². The molecule has 0 saturated heterocycles. The zero-order valence-corrected chi connectivity index (χ0v) is 18.8. The maximum Gasteiger partial charge on any atom is 0.251 e. The predicted molar refractivity (Wildman–Crippen MR) is 120 cm³/mol. The first-order valence-corrected chi connectivity index (χ1v) is 11.7. The summed E-state index contributed by atoms with van der Waals surface area (Å²) in [6.45, 7) is 5.60. The first kappa shape index (κ1) is 22.0. The van der Waals surface area contributed by atoms with E-state index in [4.69, 9.17) is 11.6 Å². The Bertz CT molecular complexity index is 1210. The number of carbonyl (C=O) groups is 1. The molecule has 0 unspecified atom stereocenters. The van der Waals surface area contributed by atoms with Crippen LogP contribution in [0.2, 0.25) is 5.02 Å². The Morgan fingerprint density at radius 1 is 1.03 bits per heavy atom. The molecule has 0 aliphatic carbocycles. The maximum absolute atomic E-state index is 12.9. The summed E-state index contributed by atoms with van der Waals surface area (Å²) in [5.74, 6) is -0.377. The van der Waals surface area contributed by atoms with E-state index in [1.54, 1.807) is 31.3 Å². The van der Waals surface area contributed by atoms with Gasteiger partial charge in [0.1, 0.15) is 0 Å². The van der Waals surface area contributed by atoms with Crippen molar-refractivity contribution in [2.45, 2.75) is 31.7 Å². The van der Waals surface area contributed by atoms with Crippen LogP contribution in [0.4, 0.5) is 0 Å². The summed E-state index contributed by atoms with van der Waals surface area (Å²) in [5, 5.41) is 3.42. The molecule has 1 atom stereocenters. The second-order valence-electron chi connectivity index (χ2n) is 7.42. The summed E-state index contributed by atoms with van der Waals surface area (Å²) in [6.07, 6.45) is 2.79. The number of sulfone groups is 1. The van der Waals surface area contributed by atoms with E-state index in [-0.39, 0.29) is 22.4 Å². The maximum atomic E-state index is 12.9. The standard InChI is InChI=1S/C23H23ClN2O3S/c1-14-5-7-17(8-6-14)18-9-19(11-21(10-18)30(4,28)29)23(27)26-15(2)20-12-22(24)16(3)25-13-20/h5-13,15H,1-4H3,(H,26,27)/t15-/m1/s1. The van der Waals surface area contributed by atoms with E-state index in [2.05, 4.69) is 10.3 Å². The molecule has 3 rings (SSSR count). The van der Waals surface area contributed by atoms with Crippen molar-refractivity contribution in [2.24, 2.45) is 0 Å². The van der Waals surface area contributed by atoms with Crippen LogP contribution < -0.4 is 5.32 Å². The molecule has 5 nitrogen and oxygen atoms in total. The van der Waals surface area contributed by atoms with Crippen molar-refractivity contribution in [3.8, 4) is 11.1 Å². The zero-order chi connectivity index (χ0) is 22.1. The van der Waals surface area contributed by atoms with E-state index in [1.807, 2.05) is 38.1 Å². The Morgan fingerprint density at radius 3 is 2.30 bits per heavy atom. The van der Waals surface area contributed by atoms with Gasteiger partial charge in [-0.1, -0.05) is 41.4 Å². The van der Waals surface area contributed by atoms with Crippen molar-refractivity contribution in [1.82, 2.24) is 10.3 Å². The largest absolute Gasteiger partial charge is 0.345 e. The third-order valence-electron chi connectivity index (χ3n) is 4.88. The fourth-order valence-corrected chi connectivity index (χ4v) is 3.83. The zero-order valence-electron chi connectivity index (χ0n) is 17.2.